The Morgan fingerprint density at radius 3 is 2.71 bits per heavy atom. The smallest absolute Gasteiger partial charge is 0.257 e. The Morgan fingerprint density at radius 1 is 1.21 bits per heavy atom. The van der Waals surface area contributed by atoms with Crippen LogP contribution in [0.15, 0.2) is 46.2 Å². The van der Waals surface area contributed by atoms with E-state index < -0.39 is 0 Å². The van der Waals surface area contributed by atoms with Crippen molar-refractivity contribution < 1.29 is 9.15 Å². The lowest BCUT2D eigenvalue weighted by Gasteiger charge is -2.21. The molecule has 0 N–H and O–H groups in total. The van der Waals surface area contributed by atoms with Crippen molar-refractivity contribution in [3.8, 4) is 16.5 Å². The van der Waals surface area contributed by atoms with Gasteiger partial charge in [-0.25, -0.2) is 0 Å². The lowest BCUT2D eigenvalue weighted by atomic mass is 10.2. The van der Waals surface area contributed by atoms with Gasteiger partial charge in [-0.1, -0.05) is 23.8 Å². The fourth-order valence-electron chi connectivity index (χ4n) is 2.23. The van der Waals surface area contributed by atoms with Crippen LogP contribution in [0.1, 0.15) is 24.4 Å². The maximum atomic E-state index is 5.79. The molecule has 2 aromatic heterocycles. The zero-order valence-electron chi connectivity index (χ0n) is 14.1. The molecule has 0 radical (unpaired) electrons. The molecule has 24 heavy (non-hydrogen) atoms. The largest absolute Gasteiger partial charge is 0.492 e. The monoisotopic (exact) mass is 343 g/mol. The first kappa shape index (κ1) is 16.7. The number of nitrogens with zero attached hydrogens (tertiary/aromatic N) is 3. The van der Waals surface area contributed by atoms with E-state index in [-0.39, 0.29) is 6.04 Å². The van der Waals surface area contributed by atoms with Gasteiger partial charge in [-0.3, -0.25) is 4.90 Å². The van der Waals surface area contributed by atoms with Crippen molar-refractivity contribution in [2.75, 3.05) is 20.2 Å². The first-order chi connectivity index (χ1) is 11.6. The minimum Gasteiger partial charge on any atom is -0.492 e. The minimum absolute atomic E-state index is 0.0350. The second kappa shape index (κ2) is 7.59. The van der Waals surface area contributed by atoms with Gasteiger partial charge in [0.15, 0.2) is 0 Å². The summed E-state index contributed by atoms with van der Waals surface area (Å²) in [5.41, 5.74) is 1.23. The molecule has 3 rings (SSSR count). The zero-order valence-corrected chi connectivity index (χ0v) is 14.9. The van der Waals surface area contributed by atoms with Gasteiger partial charge in [0, 0.05) is 6.54 Å². The van der Waals surface area contributed by atoms with Crippen LogP contribution in [0.3, 0.4) is 0 Å². The van der Waals surface area contributed by atoms with Gasteiger partial charge in [0.2, 0.25) is 5.89 Å². The van der Waals surface area contributed by atoms with Gasteiger partial charge in [0.1, 0.15) is 12.4 Å². The van der Waals surface area contributed by atoms with E-state index in [1.165, 1.54) is 5.56 Å². The van der Waals surface area contributed by atoms with Crippen LogP contribution in [0, 0.1) is 6.92 Å². The molecule has 0 aliphatic rings. The number of thiophene rings is 1. The van der Waals surface area contributed by atoms with E-state index in [4.69, 9.17) is 9.15 Å². The summed E-state index contributed by atoms with van der Waals surface area (Å²) < 4.78 is 11.6. The first-order valence-electron chi connectivity index (χ1n) is 7.90. The van der Waals surface area contributed by atoms with E-state index in [0.29, 0.717) is 18.4 Å². The molecule has 1 atom stereocenters. The van der Waals surface area contributed by atoms with Crippen molar-refractivity contribution in [3.05, 3.63) is 53.2 Å². The Labute approximate surface area is 145 Å². The number of rotatable bonds is 7. The molecule has 0 saturated carbocycles. The van der Waals surface area contributed by atoms with Crippen LogP contribution >= 0.6 is 11.3 Å². The van der Waals surface area contributed by atoms with Crippen LogP contribution in [0.5, 0.6) is 5.75 Å². The van der Waals surface area contributed by atoms with Crippen LogP contribution in [0.2, 0.25) is 0 Å². The average Bonchev–Trinajstić information content (AvgIpc) is 3.27. The Morgan fingerprint density at radius 2 is 2.00 bits per heavy atom. The standard InChI is InChI=1S/C18H21N3O2S/c1-13-6-8-15(9-7-13)22-11-10-21(3)14(2)17-19-20-18(23-17)16-5-4-12-24-16/h4-9,12,14H,10-11H2,1-3H3. The highest BCUT2D eigenvalue weighted by atomic mass is 32.1. The summed E-state index contributed by atoms with van der Waals surface area (Å²) in [7, 11) is 2.03. The summed E-state index contributed by atoms with van der Waals surface area (Å²) in [5.74, 6) is 2.09. The maximum absolute atomic E-state index is 5.79. The quantitative estimate of drug-likeness (QED) is 0.644. The molecule has 0 bridgehead atoms. The van der Waals surface area contributed by atoms with Crippen LogP contribution < -0.4 is 4.74 Å². The molecule has 3 aromatic rings. The molecule has 0 saturated heterocycles. The number of hydrogen-bond donors (Lipinski definition) is 0. The second-order valence-corrected chi connectivity index (χ2v) is 6.69. The van der Waals surface area contributed by atoms with Gasteiger partial charge in [0.25, 0.3) is 5.89 Å². The number of ether oxygens (including phenoxy) is 1. The fourth-order valence-corrected chi connectivity index (χ4v) is 2.87. The Balaban J connectivity index is 1.53. The highest BCUT2D eigenvalue weighted by Crippen LogP contribution is 2.26. The summed E-state index contributed by atoms with van der Waals surface area (Å²) in [6, 6.07) is 12.1. The SMILES string of the molecule is Cc1ccc(OCCN(C)C(C)c2nnc(-c3cccs3)o2)cc1. The molecule has 0 spiro atoms. The van der Waals surface area contributed by atoms with Crippen molar-refractivity contribution in [2.45, 2.75) is 19.9 Å². The molecule has 6 heteroatoms. The summed E-state index contributed by atoms with van der Waals surface area (Å²) in [4.78, 5) is 3.13. The molecule has 2 heterocycles. The third-order valence-corrected chi connectivity index (χ3v) is 4.78. The van der Waals surface area contributed by atoms with E-state index in [0.717, 1.165) is 17.2 Å². The fraction of sp³-hybridized carbons (Fsp3) is 0.333. The van der Waals surface area contributed by atoms with E-state index in [9.17, 15) is 0 Å². The molecule has 126 valence electrons. The predicted molar refractivity (Wildman–Crippen MR) is 95.3 cm³/mol. The van der Waals surface area contributed by atoms with Crippen molar-refractivity contribution in [1.82, 2.24) is 15.1 Å². The topological polar surface area (TPSA) is 51.4 Å². The Kier molecular flexibility index (Phi) is 5.27. The molecule has 0 amide bonds. The van der Waals surface area contributed by atoms with E-state index in [2.05, 4.69) is 28.9 Å². The molecule has 0 aliphatic carbocycles. The third kappa shape index (κ3) is 4.01. The van der Waals surface area contributed by atoms with Gasteiger partial charge in [-0.05, 0) is 44.5 Å². The van der Waals surface area contributed by atoms with Crippen molar-refractivity contribution in [3.63, 3.8) is 0 Å². The molecular formula is C18H21N3O2S. The highest BCUT2D eigenvalue weighted by Gasteiger charge is 2.19. The lowest BCUT2D eigenvalue weighted by Crippen LogP contribution is -2.27. The summed E-state index contributed by atoms with van der Waals surface area (Å²) in [6.07, 6.45) is 0. The second-order valence-electron chi connectivity index (χ2n) is 5.74. The molecule has 5 nitrogen and oxygen atoms in total. The van der Waals surface area contributed by atoms with Gasteiger partial charge in [-0.2, -0.15) is 0 Å². The number of hydrogen-bond acceptors (Lipinski definition) is 6. The molecule has 0 aliphatic heterocycles. The average molecular weight is 343 g/mol. The zero-order chi connectivity index (χ0) is 16.9. The number of aromatic nitrogens is 2. The molecule has 0 fully saturated rings. The van der Waals surface area contributed by atoms with E-state index >= 15 is 0 Å². The summed E-state index contributed by atoms with van der Waals surface area (Å²) in [5, 5.41) is 10.3. The third-order valence-electron chi connectivity index (χ3n) is 3.92. The molecule has 1 unspecified atom stereocenters. The van der Waals surface area contributed by atoms with Crippen LogP contribution in [0.25, 0.3) is 10.8 Å². The van der Waals surface area contributed by atoms with Gasteiger partial charge in [0.05, 0.1) is 10.9 Å². The van der Waals surface area contributed by atoms with Crippen molar-refractivity contribution in [1.29, 1.82) is 0 Å². The van der Waals surface area contributed by atoms with Gasteiger partial charge in [-0.15, -0.1) is 21.5 Å². The number of benzene rings is 1. The minimum atomic E-state index is 0.0350. The lowest BCUT2D eigenvalue weighted by molar-refractivity contribution is 0.182. The number of aryl methyl sites for hydroxylation is 1. The van der Waals surface area contributed by atoms with E-state index in [1.807, 2.05) is 48.8 Å². The Bertz CT molecular complexity index is 753. The van der Waals surface area contributed by atoms with Gasteiger partial charge >= 0.3 is 0 Å². The first-order valence-corrected chi connectivity index (χ1v) is 8.78. The van der Waals surface area contributed by atoms with Gasteiger partial charge < -0.3 is 9.15 Å². The van der Waals surface area contributed by atoms with Crippen molar-refractivity contribution in [2.24, 2.45) is 0 Å². The summed E-state index contributed by atoms with van der Waals surface area (Å²) >= 11 is 1.59. The van der Waals surface area contributed by atoms with E-state index in [1.54, 1.807) is 11.3 Å². The molecular weight excluding hydrogens is 322 g/mol. The predicted octanol–water partition coefficient (Wildman–Crippen LogP) is 4.18. The highest BCUT2D eigenvalue weighted by molar-refractivity contribution is 7.13. The number of likely N-dealkylation sites (N-methyl/N-ethyl adjacent to an activating group) is 1. The van der Waals surface area contributed by atoms with Crippen LogP contribution in [-0.4, -0.2) is 35.3 Å². The van der Waals surface area contributed by atoms with Crippen LogP contribution in [-0.2, 0) is 0 Å². The summed E-state index contributed by atoms with van der Waals surface area (Å²) in [6.45, 7) is 5.49. The van der Waals surface area contributed by atoms with Crippen molar-refractivity contribution >= 4 is 11.3 Å². The Hall–Kier alpha value is -2.18. The maximum Gasteiger partial charge on any atom is 0.257 e. The normalized spacial score (nSPS) is 12.5. The van der Waals surface area contributed by atoms with Crippen LogP contribution in [0.4, 0.5) is 0 Å². The molecule has 1 aromatic carbocycles.